The second-order valence-electron chi connectivity index (χ2n) is 4.30. The lowest BCUT2D eigenvalue weighted by Crippen LogP contribution is -2.12. The molecule has 1 N–H and O–H groups in total. The highest BCUT2D eigenvalue weighted by molar-refractivity contribution is 6.28. The molecule has 0 aliphatic heterocycles. The molecule has 1 aromatic carbocycles. The molecule has 2 heterocycles. The lowest BCUT2D eigenvalue weighted by molar-refractivity contribution is 0.415. The fourth-order valence-electron chi connectivity index (χ4n) is 2.05. The van der Waals surface area contributed by atoms with Crippen LogP contribution in [0.15, 0.2) is 29.2 Å². The molecule has 0 aliphatic rings. The largest absolute Gasteiger partial charge is 0.497 e. The van der Waals surface area contributed by atoms with Gasteiger partial charge in [0.2, 0.25) is 5.28 Å². The maximum absolute atomic E-state index is 12.1. The molecule has 0 radical (unpaired) electrons. The summed E-state index contributed by atoms with van der Waals surface area (Å²) in [7, 11) is 1.55. The Morgan fingerprint density at radius 1 is 1.40 bits per heavy atom. The van der Waals surface area contributed by atoms with E-state index in [2.05, 4.69) is 15.1 Å². The maximum atomic E-state index is 12.1. The number of aromatic nitrogens is 4. The summed E-state index contributed by atoms with van der Waals surface area (Å²) in [6.07, 6.45) is 1.78. The molecule has 3 rings (SSSR count). The number of fused-ring (bicyclic) bond motifs is 1. The highest BCUT2D eigenvalue weighted by Crippen LogP contribution is 2.25. The van der Waals surface area contributed by atoms with Gasteiger partial charge in [0.1, 0.15) is 5.75 Å². The van der Waals surface area contributed by atoms with E-state index in [1.807, 2.05) is 13.0 Å². The van der Waals surface area contributed by atoms with Crippen molar-refractivity contribution in [1.29, 1.82) is 0 Å². The van der Waals surface area contributed by atoms with Crippen LogP contribution in [0.25, 0.3) is 16.6 Å². The van der Waals surface area contributed by atoms with E-state index >= 15 is 0 Å². The van der Waals surface area contributed by atoms with Gasteiger partial charge >= 0.3 is 0 Å². The van der Waals surface area contributed by atoms with E-state index in [-0.39, 0.29) is 10.8 Å². The van der Waals surface area contributed by atoms with Crippen LogP contribution in [0.2, 0.25) is 5.28 Å². The summed E-state index contributed by atoms with van der Waals surface area (Å²) in [5.41, 5.74) is 1.59. The molecule has 0 spiro atoms. The lowest BCUT2D eigenvalue weighted by Gasteiger charge is -2.09. The summed E-state index contributed by atoms with van der Waals surface area (Å²) >= 11 is 5.79. The van der Waals surface area contributed by atoms with Gasteiger partial charge < -0.3 is 4.74 Å². The van der Waals surface area contributed by atoms with Crippen molar-refractivity contribution in [3.8, 4) is 11.4 Å². The maximum Gasteiger partial charge on any atom is 0.261 e. The van der Waals surface area contributed by atoms with E-state index in [1.54, 1.807) is 30.1 Å². The minimum absolute atomic E-state index is 0.0401. The zero-order valence-electron chi connectivity index (χ0n) is 10.8. The van der Waals surface area contributed by atoms with Crippen molar-refractivity contribution in [2.24, 2.45) is 0 Å². The van der Waals surface area contributed by atoms with E-state index in [4.69, 9.17) is 16.3 Å². The minimum atomic E-state index is -0.314. The Labute approximate surface area is 119 Å². The molecule has 0 aliphatic carbocycles. The first-order chi connectivity index (χ1) is 9.58. The molecule has 7 heteroatoms. The van der Waals surface area contributed by atoms with E-state index < -0.39 is 0 Å². The van der Waals surface area contributed by atoms with Gasteiger partial charge in [0, 0.05) is 18.3 Å². The van der Waals surface area contributed by atoms with Gasteiger partial charge in [-0.2, -0.15) is 5.10 Å². The Morgan fingerprint density at radius 3 is 2.85 bits per heavy atom. The summed E-state index contributed by atoms with van der Waals surface area (Å²) in [6, 6.07) is 5.25. The summed E-state index contributed by atoms with van der Waals surface area (Å²) < 4.78 is 6.85. The van der Waals surface area contributed by atoms with Crippen LogP contribution in [0.4, 0.5) is 0 Å². The lowest BCUT2D eigenvalue weighted by atomic mass is 10.2. The van der Waals surface area contributed by atoms with Crippen LogP contribution in [-0.2, 0) is 0 Å². The van der Waals surface area contributed by atoms with Gasteiger partial charge in [0.15, 0.2) is 0 Å². The predicted molar refractivity (Wildman–Crippen MR) is 75.8 cm³/mol. The van der Waals surface area contributed by atoms with Crippen molar-refractivity contribution in [3.63, 3.8) is 0 Å². The van der Waals surface area contributed by atoms with Crippen molar-refractivity contribution < 1.29 is 4.74 Å². The third-order valence-electron chi connectivity index (χ3n) is 2.94. The monoisotopic (exact) mass is 290 g/mol. The Hall–Kier alpha value is -2.34. The normalized spacial score (nSPS) is 10.9. The summed E-state index contributed by atoms with van der Waals surface area (Å²) in [6.45, 7) is 1.87. The van der Waals surface area contributed by atoms with Gasteiger partial charge in [0.05, 0.1) is 29.4 Å². The Balaban J connectivity index is 2.42. The standard InChI is InChI=1S/C13H11ClN4O2/c1-7-3-4-18(17-7)10-6-8(20-2)5-9-11(10)12(19)16-13(14)15-9/h3-6H,1-2H3,(H,15,16,19). The first kappa shape index (κ1) is 12.7. The molecule has 0 bridgehead atoms. The van der Waals surface area contributed by atoms with Crippen LogP contribution < -0.4 is 10.3 Å². The number of methoxy groups -OCH3 is 1. The molecule has 0 unspecified atom stereocenters. The van der Waals surface area contributed by atoms with Gasteiger partial charge in [-0.3, -0.25) is 9.78 Å². The second-order valence-corrected chi connectivity index (χ2v) is 4.66. The number of benzene rings is 1. The third kappa shape index (κ3) is 2.04. The van der Waals surface area contributed by atoms with Crippen LogP contribution in [-0.4, -0.2) is 26.9 Å². The molecule has 2 aromatic heterocycles. The molecule has 6 nitrogen and oxygen atoms in total. The SMILES string of the molecule is COc1cc(-n2ccc(C)n2)c2c(=O)[nH]c(Cl)nc2c1. The van der Waals surface area contributed by atoms with Gasteiger partial charge in [-0.15, -0.1) is 0 Å². The van der Waals surface area contributed by atoms with E-state index in [0.29, 0.717) is 22.3 Å². The first-order valence-corrected chi connectivity index (χ1v) is 6.26. The van der Waals surface area contributed by atoms with E-state index in [9.17, 15) is 4.79 Å². The summed E-state index contributed by atoms with van der Waals surface area (Å²) in [4.78, 5) is 18.7. The van der Waals surface area contributed by atoms with E-state index in [1.165, 1.54) is 0 Å². The molecule has 0 atom stereocenters. The molecular formula is C13H11ClN4O2. The van der Waals surface area contributed by atoms with Crippen LogP contribution in [0, 0.1) is 6.92 Å². The molecule has 20 heavy (non-hydrogen) atoms. The zero-order chi connectivity index (χ0) is 14.3. The quantitative estimate of drug-likeness (QED) is 0.733. The zero-order valence-corrected chi connectivity index (χ0v) is 11.6. The summed E-state index contributed by atoms with van der Waals surface area (Å²) in [5.74, 6) is 0.579. The predicted octanol–water partition coefficient (Wildman–Crippen LogP) is 2.08. The van der Waals surface area contributed by atoms with Crippen molar-refractivity contribution in [2.75, 3.05) is 7.11 Å². The second kappa shape index (κ2) is 4.64. The number of nitrogens with one attached hydrogen (secondary N) is 1. The summed E-state index contributed by atoms with van der Waals surface area (Å²) in [5, 5.41) is 4.77. The van der Waals surface area contributed by atoms with Crippen LogP contribution in [0.5, 0.6) is 5.75 Å². The van der Waals surface area contributed by atoms with Crippen molar-refractivity contribution in [2.45, 2.75) is 6.92 Å². The van der Waals surface area contributed by atoms with Crippen molar-refractivity contribution >= 4 is 22.5 Å². The number of hydrogen-bond acceptors (Lipinski definition) is 4. The molecule has 0 saturated heterocycles. The van der Waals surface area contributed by atoms with Crippen LogP contribution in [0.3, 0.4) is 0 Å². The highest BCUT2D eigenvalue weighted by Gasteiger charge is 2.13. The highest BCUT2D eigenvalue weighted by atomic mass is 35.5. The van der Waals surface area contributed by atoms with Gasteiger partial charge in [-0.05, 0) is 24.6 Å². The van der Waals surface area contributed by atoms with Crippen molar-refractivity contribution in [3.05, 3.63) is 45.7 Å². The Morgan fingerprint density at radius 2 is 2.20 bits per heavy atom. The van der Waals surface area contributed by atoms with Crippen molar-refractivity contribution in [1.82, 2.24) is 19.7 Å². The van der Waals surface area contributed by atoms with Gasteiger partial charge in [-0.25, -0.2) is 9.67 Å². The third-order valence-corrected chi connectivity index (χ3v) is 3.12. The fourth-order valence-corrected chi connectivity index (χ4v) is 2.22. The molecular weight excluding hydrogens is 280 g/mol. The fraction of sp³-hybridized carbons (Fsp3) is 0.154. The number of nitrogens with zero attached hydrogens (tertiary/aromatic N) is 3. The molecule has 0 saturated carbocycles. The Kier molecular flexibility index (Phi) is 2.94. The molecule has 102 valence electrons. The smallest absolute Gasteiger partial charge is 0.261 e. The topological polar surface area (TPSA) is 72.8 Å². The number of hydrogen-bond donors (Lipinski definition) is 1. The van der Waals surface area contributed by atoms with Crippen LogP contribution in [0.1, 0.15) is 5.69 Å². The average molecular weight is 291 g/mol. The minimum Gasteiger partial charge on any atom is -0.497 e. The molecule has 3 aromatic rings. The van der Waals surface area contributed by atoms with E-state index in [0.717, 1.165) is 5.69 Å². The van der Waals surface area contributed by atoms with Crippen LogP contribution >= 0.6 is 11.6 Å². The number of aryl methyl sites for hydroxylation is 1. The Bertz CT molecular complexity index is 853. The van der Waals surface area contributed by atoms with Gasteiger partial charge in [-0.1, -0.05) is 0 Å². The number of aromatic amines is 1. The first-order valence-electron chi connectivity index (χ1n) is 5.88. The number of ether oxygens (including phenoxy) is 1. The number of halogens is 1. The molecule has 0 amide bonds. The average Bonchev–Trinajstić information content (AvgIpc) is 2.83. The van der Waals surface area contributed by atoms with Gasteiger partial charge in [0.25, 0.3) is 5.56 Å². The number of H-pyrrole nitrogens is 1. The molecule has 0 fully saturated rings. The number of rotatable bonds is 2.